The van der Waals surface area contributed by atoms with Gasteiger partial charge in [0, 0.05) is 5.57 Å². The summed E-state index contributed by atoms with van der Waals surface area (Å²) in [6, 6.07) is 6.77. The molecule has 0 spiro atoms. The van der Waals surface area contributed by atoms with Gasteiger partial charge in [0.15, 0.2) is 0 Å². The third-order valence-electron chi connectivity index (χ3n) is 4.14. The molecule has 0 radical (unpaired) electrons. The number of hydrogen-bond donors (Lipinski definition) is 1. The van der Waals surface area contributed by atoms with Crippen LogP contribution in [0.1, 0.15) is 16.7 Å². The molecule has 2 aromatic carbocycles. The predicted octanol–water partition coefficient (Wildman–Crippen LogP) is 3.15. The molecule has 1 heterocycles. The van der Waals surface area contributed by atoms with Crippen LogP contribution in [0.2, 0.25) is 0 Å². The zero-order valence-corrected chi connectivity index (χ0v) is 15.5. The molecule has 0 bridgehead atoms. The van der Waals surface area contributed by atoms with Crippen molar-refractivity contribution >= 4 is 27.1 Å². The number of primary sulfonamides is 1. The number of carbonyl (C=O) groups excluding carboxylic acids is 1. The van der Waals surface area contributed by atoms with Crippen molar-refractivity contribution in [2.24, 2.45) is 5.14 Å². The number of esters is 1. The van der Waals surface area contributed by atoms with Crippen molar-refractivity contribution in [3.63, 3.8) is 0 Å². The molecule has 2 N–H and O–H groups in total. The van der Waals surface area contributed by atoms with E-state index in [1.54, 1.807) is 0 Å². The molecule has 2 aromatic rings. The lowest BCUT2D eigenvalue weighted by Gasteiger charge is -2.13. The van der Waals surface area contributed by atoms with E-state index in [2.05, 4.69) is 4.74 Å². The minimum Gasteiger partial charge on any atom is -0.457 e. The van der Waals surface area contributed by atoms with Gasteiger partial charge in [-0.25, -0.2) is 22.7 Å². The van der Waals surface area contributed by atoms with Gasteiger partial charge >= 0.3 is 12.3 Å². The molecule has 0 saturated carbocycles. The lowest BCUT2D eigenvalue weighted by molar-refractivity contribution is -0.274. The first-order valence-electron chi connectivity index (χ1n) is 7.96. The largest absolute Gasteiger partial charge is 0.573 e. The van der Waals surface area contributed by atoms with Crippen molar-refractivity contribution in [2.45, 2.75) is 18.2 Å². The molecule has 0 aromatic heterocycles. The van der Waals surface area contributed by atoms with Crippen molar-refractivity contribution < 1.29 is 40.2 Å². The summed E-state index contributed by atoms with van der Waals surface area (Å²) < 4.78 is 83.6. The number of aryl methyl sites for hydroxylation is 1. The van der Waals surface area contributed by atoms with Crippen LogP contribution in [0.15, 0.2) is 41.3 Å². The molecular weight excluding hydrogens is 418 g/mol. The van der Waals surface area contributed by atoms with Crippen LogP contribution in [0.3, 0.4) is 0 Å². The van der Waals surface area contributed by atoms with Crippen LogP contribution in [0.5, 0.6) is 5.75 Å². The standard InChI is InChI=1S/C18H13F4NO5S/c1-9-2-3-11(7-14(9)28-18(20,21)22)16-12(8-27-17(16)24)10-4-5-15(13(19)6-10)29(23,25)26/h2-7H,8H2,1H3,(H2,23,25,26). The number of cyclic esters (lactones) is 1. The van der Waals surface area contributed by atoms with E-state index in [-0.39, 0.29) is 34.4 Å². The van der Waals surface area contributed by atoms with E-state index in [9.17, 15) is 30.8 Å². The summed E-state index contributed by atoms with van der Waals surface area (Å²) in [5.41, 5.74) is 0.470. The second kappa shape index (κ2) is 7.16. The Kier molecular flexibility index (Phi) is 5.13. The van der Waals surface area contributed by atoms with E-state index >= 15 is 0 Å². The summed E-state index contributed by atoms with van der Waals surface area (Å²) in [5, 5.41) is 4.92. The Balaban J connectivity index is 2.12. The summed E-state index contributed by atoms with van der Waals surface area (Å²) in [6.45, 7) is 1.13. The molecule has 1 aliphatic heterocycles. The highest BCUT2D eigenvalue weighted by Crippen LogP contribution is 2.36. The molecule has 0 aliphatic carbocycles. The molecule has 0 fully saturated rings. The maximum absolute atomic E-state index is 14.2. The highest BCUT2D eigenvalue weighted by atomic mass is 32.2. The zero-order valence-electron chi connectivity index (χ0n) is 14.7. The molecule has 1 aliphatic rings. The van der Waals surface area contributed by atoms with Crippen molar-refractivity contribution in [1.82, 2.24) is 0 Å². The number of nitrogens with two attached hydrogens (primary N) is 1. The number of benzene rings is 2. The molecule has 0 unspecified atom stereocenters. The van der Waals surface area contributed by atoms with Crippen LogP contribution >= 0.6 is 0 Å². The third-order valence-corrected chi connectivity index (χ3v) is 5.09. The minimum absolute atomic E-state index is 0.0725. The van der Waals surface area contributed by atoms with Gasteiger partial charge in [-0.3, -0.25) is 0 Å². The number of rotatable bonds is 4. The number of alkyl halides is 3. The van der Waals surface area contributed by atoms with Crippen LogP contribution in [0, 0.1) is 12.7 Å². The maximum Gasteiger partial charge on any atom is 0.573 e. The zero-order chi connectivity index (χ0) is 21.6. The summed E-state index contributed by atoms with van der Waals surface area (Å²) in [5.74, 6) is -2.46. The second-order valence-corrected chi connectivity index (χ2v) is 7.68. The summed E-state index contributed by atoms with van der Waals surface area (Å²) in [4.78, 5) is 11.5. The van der Waals surface area contributed by atoms with E-state index in [0.717, 1.165) is 18.2 Å². The lowest BCUT2D eigenvalue weighted by atomic mass is 9.95. The fraction of sp³-hybridized carbons (Fsp3) is 0.167. The number of halogens is 4. The SMILES string of the molecule is Cc1ccc(C2=C(c3ccc(S(N)(=O)=O)c(F)c3)COC2=O)cc1OC(F)(F)F. The normalized spacial score (nSPS) is 14.9. The fourth-order valence-corrected chi connectivity index (χ4v) is 3.42. The van der Waals surface area contributed by atoms with Crippen molar-refractivity contribution in [3.05, 3.63) is 58.9 Å². The Labute approximate surface area is 162 Å². The van der Waals surface area contributed by atoms with Gasteiger partial charge in [0.25, 0.3) is 0 Å². The van der Waals surface area contributed by atoms with Gasteiger partial charge in [0.1, 0.15) is 23.1 Å². The number of ether oxygens (including phenoxy) is 2. The Bertz CT molecular complexity index is 1140. The molecule has 0 atom stereocenters. The molecule has 154 valence electrons. The Morgan fingerprint density at radius 2 is 1.76 bits per heavy atom. The first-order chi connectivity index (χ1) is 13.4. The highest BCUT2D eigenvalue weighted by molar-refractivity contribution is 7.89. The van der Waals surface area contributed by atoms with Gasteiger partial charge in [-0.1, -0.05) is 18.2 Å². The van der Waals surface area contributed by atoms with Gasteiger partial charge in [-0.15, -0.1) is 13.2 Å². The highest BCUT2D eigenvalue weighted by Gasteiger charge is 2.33. The van der Waals surface area contributed by atoms with Gasteiger partial charge in [-0.05, 0) is 41.8 Å². The molecule has 6 nitrogen and oxygen atoms in total. The Hall–Kier alpha value is -2.92. The summed E-state index contributed by atoms with van der Waals surface area (Å²) >= 11 is 0. The van der Waals surface area contributed by atoms with Crippen LogP contribution in [0.4, 0.5) is 17.6 Å². The van der Waals surface area contributed by atoms with Crippen molar-refractivity contribution in [3.8, 4) is 5.75 Å². The van der Waals surface area contributed by atoms with E-state index in [1.165, 1.54) is 25.1 Å². The first kappa shape index (κ1) is 20.8. The number of hydrogen-bond acceptors (Lipinski definition) is 5. The third kappa shape index (κ3) is 4.40. The number of sulfonamides is 1. The molecule has 29 heavy (non-hydrogen) atoms. The Morgan fingerprint density at radius 3 is 2.34 bits per heavy atom. The molecule has 0 amide bonds. The summed E-state index contributed by atoms with van der Waals surface area (Å²) in [7, 11) is -4.29. The Morgan fingerprint density at radius 1 is 1.10 bits per heavy atom. The van der Waals surface area contributed by atoms with Gasteiger partial charge in [0.2, 0.25) is 10.0 Å². The fourth-order valence-electron chi connectivity index (χ4n) is 2.83. The van der Waals surface area contributed by atoms with Crippen molar-refractivity contribution in [1.29, 1.82) is 0 Å². The van der Waals surface area contributed by atoms with E-state index in [4.69, 9.17) is 9.88 Å². The first-order valence-corrected chi connectivity index (χ1v) is 9.51. The van der Waals surface area contributed by atoms with Crippen LogP contribution in [-0.4, -0.2) is 27.4 Å². The van der Waals surface area contributed by atoms with Crippen LogP contribution in [-0.2, 0) is 19.6 Å². The van der Waals surface area contributed by atoms with Gasteiger partial charge in [0.05, 0.1) is 5.57 Å². The van der Waals surface area contributed by atoms with Gasteiger partial charge in [-0.2, -0.15) is 0 Å². The second-order valence-electron chi connectivity index (χ2n) is 6.15. The maximum atomic E-state index is 14.2. The minimum atomic E-state index is -4.93. The smallest absolute Gasteiger partial charge is 0.457 e. The average Bonchev–Trinajstić information content (AvgIpc) is 2.96. The predicted molar refractivity (Wildman–Crippen MR) is 93.4 cm³/mol. The van der Waals surface area contributed by atoms with Crippen LogP contribution < -0.4 is 9.88 Å². The lowest BCUT2D eigenvalue weighted by Crippen LogP contribution is -2.18. The van der Waals surface area contributed by atoms with Crippen LogP contribution in [0.25, 0.3) is 11.1 Å². The number of carbonyl (C=O) groups is 1. The van der Waals surface area contributed by atoms with Gasteiger partial charge < -0.3 is 9.47 Å². The monoisotopic (exact) mass is 431 g/mol. The molecule has 0 saturated heterocycles. The topological polar surface area (TPSA) is 95.7 Å². The molecular formula is C18H13F4NO5S. The molecule has 11 heteroatoms. The van der Waals surface area contributed by atoms with Crippen molar-refractivity contribution in [2.75, 3.05) is 6.61 Å². The average molecular weight is 431 g/mol. The van der Waals surface area contributed by atoms with E-state index in [1.807, 2.05) is 0 Å². The molecule has 3 rings (SSSR count). The quantitative estimate of drug-likeness (QED) is 0.593. The van der Waals surface area contributed by atoms with E-state index < -0.39 is 38.8 Å². The van der Waals surface area contributed by atoms with E-state index in [0.29, 0.717) is 0 Å². The summed E-state index contributed by atoms with van der Waals surface area (Å²) in [6.07, 6.45) is -4.93.